The Morgan fingerprint density at radius 1 is 1.48 bits per heavy atom. The fourth-order valence-electron chi connectivity index (χ4n) is 2.26. The predicted molar refractivity (Wildman–Crippen MR) is 91.7 cm³/mol. The monoisotopic (exact) mass is 352 g/mol. The van der Waals surface area contributed by atoms with Crippen LogP contribution in [0.5, 0.6) is 0 Å². The highest BCUT2D eigenvalue weighted by Gasteiger charge is 2.27. The average molecular weight is 353 g/mol. The standard InChI is InChI=1S/C15H18Cl2N6/c1-8(11-5-4-10(16)6-12(11)17)20-15(18)19-7-13-21-14(23-22-13)9-2-3-9/h4-6,8-9H,2-3,7H2,1H3,(H3,18,19,20)(H,21,22,23). The van der Waals surface area contributed by atoms with Gasteiger partial charge in [-0.2, -0.15) is 5.10 Å². The number of H-pyrrole nitrogens is 1. The minimum Gasteiger partial charge on any atom is -0.370 e. The number of nitrogens with zero attached hydrogens (tertiary/aromatic N) is 3. The number of hydrogen-bond acceptors (Lipinski definition) is 3. The Morgan fingerprint density at radius 2 is 2.26 bits per heavy atom. The van der Waals surface area contributed by atoms with Gasteiger partial charge in [-0.15, -0.1) is 0 Å². The van der Waals surface area contributed by atoms with E-state index in [4.69, 9.17) is 28.9 Å². The number of guanidine groups is 1. The van der Waals surface area contributed by atoms with Gasteiger partial charge in [-0.05, 0) is 37.5 Å². The number of aliphatic imine (C=N–C) groups is 1. The quantitative estimate of drug-likeness (QED) is 0.569. The highest BCUT2D eigenvalue weighted by molar-refractivity contribution is 6.35. The molecule has 1 fully saturated rings. The number of benzene rings is 1. The topological polar surface area (TPSA) is 92.0 Å². The van der Waals surface area contributed by atoms with Crippen LogP contribution in [0.1, 0.15) is 48.9 Å². The number of halogens is 2. The van der Waals surface area contributed by atoms with Gasteiger partial charge in [-0.3, -0.25) is 5.10 Å². The molecule has 0 spiro atoms. The first-order valence-corrected chi connectivity index (χ1v) is 8.21. The van der Waals surface area contributed by atoms with Crippen LogP contribution in [0.3, 0.4) is 0 Å². The largest absolute Gasteiger partial charge is 0.370 e. The van der Waals surface area contributed by atoms with Gasteiger partial charge in [0.05, 0.1) is 6.04 Å². The molecule has 2 aromatic rings. The van der Waals surface area contributed by atoms with Crippen LogP contribution in [-0.2, 0) is 6.54 Å². The molecule has 1 aromatic carbocycles. The second-order valence-corrected chi connectivity index (χ2v) is 6.49. The summed E-state index contributed by atoms with van der Waals surface area (Å²) >= 11 is 12.1. The Morgan fingerprint density at radius 3 is 2.96 bits per heavy atom. The van der Waals surface area contributed by atoms with Gasteiger partial charge in [-0.1, -0.05) is 29.3 Å². The van der Waals surface area contributed by atoms with Crippen LogP contribution in [-0.4, -0.2) is 21.1 Å². The van der Waals surface area contributed by atoms with Crippen molar-refractivity contribution in [3.63, 3.8) is 0 Å². The predicted octanol–water partition coefficient (Wildman–Crippen LogP) is 3.15. The number of rotatable bonds is 5. The van der Waals surface area contributed by atoms with Crippen molar-refractivity contribution in [2.75, 3.05) is 0 Å². The summed E-state index contributed by atoms with van der Waals surface area (Å²) in [5, 5.41) is 11.4. The summed E-state index contributed by atoms with van der Waals surface area (Å²) in [5.41, 5.74) is 6.83. The molecule has 8 heteroatoms. The molecule has 1 atom stereocenters. The maximum absolute atomic E-state index is 6.19. The van der Waals surface area contributed by atoms with E-state index in [2.05, 4.69) is 25.5 Å². The first-order valence-electron chi connectivity index (χ1n) is 7.45. The van der Waals surface area contributed by atoms with E-state index >= 15 is 0 Å². The Hall–Kier alpha value is -1.79. The van der Waals surface area contributed by atoms with Gasteiger partial charge in [0.25, 0.3) is 0 Å². The SMILES string of the molecule is CC(NC(N)=NCc1nc(C2CC2)n[nH]1)c1ccc(Cl)cc1Cl. The number of nitrogens with two attached hydrogens (primary N) is 1. The van der Waals surface area contributed by atoms with Gasteiger partial charge in [0.2, 0.25) is 0 Å². The van der Waals surface area contributed by atoms with Crippen LogP contribution >= 0.6 is 23.2 Å². The van der Waals surface area contributed by atoms with Crippen molar-refractivity contribution < 1.29 is 0 Å². The Balaban J connectivity index is 1.59. The van der Waals surface area contributed by atoms with Crippen molar-refractivity contribution in [3.8, 4) is 0 Å². The van der Waals surface area contributed by atoms with Crippen molar-refractivity contribution >= 4 is 29.2 Å². The van der Waals surface area contributed by atoms with Crippen molar-refractivity contribution in [1.29, 1.82) is 0 Å². The first kappa shape index (κ1) is 16.1. The van der Waals surface area contributed by atoms with E-state index in [9.17, 15) is 0 Å². The summed E-state index contributed by atoms with van der Waals surface area (Å²) in [6.07, 6.45) is 2.34. The van der Waals surface area contributed by atoms with Gasteiger partial charge in [0.15, 0.2) is 11.8 Å². The van der Waals surface area contributed by atoms with Crippen LogP contribution < -0.4 is 11.1 Å². The summed E-state index contributed by atoms with van der Waals surface area (Å²) in [6.45, 7) is 2.32. The lowest BCUT2D eigenvalue weighted by atomic mass is 10.1. The maximum Gasteiger partial charge on any atom is 0.189 e. The molecule has 0 bridgehead atoms. The van der Waals surface area contributed by atoms with E-state index in [0.717, 1.165) is 11.4 Å². The van der Waals surface area contributed by atoms with E-state index in [-0.39, 0.29) is 6.04 Å². The molecule has 1 saturated carbocycles. The molecule has 122 valence electrons. The lowest BCUT2D eigenvalue weighted by molar-refractivity contribution is 0.706. The molecule has 4 N–H and O–H groups in total. The lowest BCUT2D eigenvalue weighted by Gasteiger charge is -2.16. The zero-order valence-electron chi connectivity index (χ0n) is 12.7. The second kappa shape index (κ2) is 6.76. The maximum atomic E-state index is 6.19. The number of hydrogen-bond donors (Lipinski definition) is 3. The van der Waals surface area contributed by atoms with E-state index < -0.39 is 0 Å². The second-order valence-electron chi connectivity index (χ2n) is 5.65. The molecule has 6 nitrogen and oxygen atoms in total. The van der Waals surface area contributed by atoms with Gasteiger partial charge in [0, 0.05) is 16.0 Å². The van der Waals surface area contributed by atoms with Crippen molar-refractivity contribution in [2.45, 2.75) is 38.3 Å². The normalized spacial score (nSPS) is 16.4. The van der Waals surface area contributed by atoms with Crippen LogP contribution in [0.15, 0.2) is 23.2 Å². The zero-order valence-corrected chi connectivity index (χ0v) is 14.2. The van der Waals surface area contributed by atoms with Crippen LogP contribution in [0, 0.1) is 0 Å². The molecule has 3 rings (SSSR count). The van der Waals surface area contributed by atoms with E-state index in [1.165, 1.54) is 12.8 Å². The van der Waals surface area contributed by atoms with E-state index in [0.29, 0.717) is 34.3 Å². The molecule has 1 heterocycles. The number of nitrogens with one attached hydrogen (secondary N) is 2. The fourth-order valence-corrected chi connectivity index (χ4v) is 2.84. The summed E-state index contributed by atoms with van der Waals surface area (Å²) in [4.78, 5) is 8.69. The fraction of sp³-hybridized carbons (Fsp3) is 0.400. The van der Waals surface area contributed by atoms with Crippen molar-refractivity contribution in [1.82, 2.24) is 20.5 Å². The summed E-state index contributed by atoms with van der Waals surface area (Å²) < 4.78 is 0. The highest BCUT2D eigenvalue weighted by Crippen LogP contribution is 2.37. The van der Waals surface area contributed by atoms with Crippen molar-refractivity contribution in [3.05, 3.63) is 45.5 Å². The van der Waals surface area contributed by atoms with Gasteiger partial charge >= 0.3 is 0 Å². The number of aromatic nitrogens is 3. The smallest absolute Gasteiger partial charge is 0.189 e. The van der Waals surface area contributed by atoms with Gasteiger partial charge in [-0.25, -0.2) is 9.98 Å². The zero-order chi connectivity index (χ0) is 16.4. The van der Waals surface area contributed by atoms with Crippen molar-refractivity contribution in [2.24, 2.45) is 10.7 Å². The lowest BCUT2D eigenvalue weighted by Crippen LogP contribution is -2.34. The third kappa shape index (κ3) is 4.14. The summed E-state index contributed by atoms with van der Waals surface area (Å²) in [5.74, 6) is 2.44. The number of aromatic amines is 1. The molecule has 0 saturated heterocycles. The Kier molecular flexibility index (Phi) is 4.73. The summed E-state index contributed by atoms with van der Waals surface area (Å²) in [6, 6.07) is 5.29. The van der Waals surface area contributed by atoms with E-state index in [1.807, 2.05) is 13.0 Å². The van der Waals surface area contributed by atoms with Crippen LogP contribution in [0.2, 0.25) is 10.0 Å². The third-order valence-corrected chi connectivity index (χ3v) is 4.25. The molecule has 1 aromatic heterocycles. The molecular formula is C15H18Cl2N6. The van der Waals surface area contributed by atoms with E-state index in [1.54, 1.807) is 12.1 Å². The molecule has 0 aliphatic heterocycles. The Labute approximate surface area is 144 Å². The molecule has 1 aliphatic carbocycles. The molecule has 1 unspecified atom stereocenters. The molecule has 0 amide bonds. The molecule has 23 heavy (non-hydrogen) atoms. The van der Waals surface area contributed by atoms with Crippen LogP contribution in [0.25, 0.3) is 0 Å². The van der Waals surface area contributed by atoms with Crippen LogP contribution in [0.4, 0.5) is 0 Å². The Bertz CT molecular complexity index is 723. The highest BCUT2D eigenvalue weighted by atomic mass is 35.5. The van der Waals surface area contributed by atoms with Gasteiger partial charge < -0.3 is 11.1 Å². The minimum atomic E-state index is -0.0831. The third-order valence-electron chi connectivity index (χ3n) is 3.68. The average Bonchev–Trinajstić information content (AvgIpc) is 3.24. The molecule has 1 aliphatic rings. The first-order chi connectivity index (χ1) is 11.0. The summed E-state index contributed by atoms with van der Waals surface area (Å²) in [7, 11) is 0. The van der Waals surface area contributed by atoms with Gasteiger partial charge in [0.1, 0.15) is 12.4 Å². The molecular weight excluding hydrogens is 335 g/mol. The molecule has 0 radical (unpaired) electrons. The minimum absolute atomic E-state index is 0.0831.